The van der Waals surface area contributed by atoms with E-state index in [-0.39, 0.29) is 0 Å². The van der Waals surface area contributed by atoms with Crippen molar-refractivity contribution >= 4 is 17.6 Å². The van der Waals surface area contributed by atoms with Gasteiger partial charge in [0, 0.05) is 70.1 Å². The van der Waals surface area contributed by atoms with Crippen LogP contribution >= 0.6 is 0 Å². The predicted octanol–water partition coefficient (Wildman–Crippen LogP) is 2.03. The molecule has 2 aliphatic heterocycles. The van der Waals surface area contributed by atoms with Gasteiger partial charge < -0.3 is 14.7 Å². The Morgan fingerprint density at radius 1 is 1.00 bits per heavy atom. The topological polar surface area (TPSA) is 61.3 Å². The van der Waals surface area contributed by atoms with Gasteiger partial charge in [0.1, 0.15) is 18.0 Å². The first-order chi connectivity index (χ1) is 12.5. The molecule has 0 aliphatic carbocycles. The average molecular weight is 353 g/mol. The Kier molecular flexibility index (Phi) is 4.38. The molecule has 0 amide bonds. The van der Waals surface area contributed by atoms with E-state index in [1.54, 1.807) is 6.33 Å². The zero-order valence-corrected chi connectivity index (χ0v) is 16.0. The van der Waals surface area contributed by atoms with Gasteiger partial charge in [-0.05, 0) is 12.0 Å². The molecule has 0 radical (unpaired) electrons. The summed E-state index contributed by atoms with van der Waals surface area (Å²) in [4.78, 5) is 24.9. The molecular weight excluding hydrogens is 326 g/mol. The molecule has 0 bridgehead atoms. The van der Waals surface area contributed by atoms with Gasteiger partial charge >= 0.3 is 0 Å². The van der Waals surface area contributed by atoms with Crippen LogP contribution in [0.5, 0.6) is 0 Å². The lowest BCUT2D eigenvalue weighted by Crippen LogP contribution is -2.30. The van der Waals surface area contributed by atoms with E-state index in [1.165, 1.54) is 0 Å². The monoisotopic (exact) mass is 353 g/mol. The summed E-state index contributed by atoms with van der Waals surface area (Å²) in [6, 6.07) is 4.09. The summed E-state index contributed by atoms with van der Waals surface area (Å²) < 4.78 is 0. The van der Waals surface area contributed by atoms with E-state index in [0.717, 1.165) is 49.5 Å². The van der Waals surface area contributed by atoms with Crippen LogP contribution in [0, 0.1) is 11.8 Å². The lowest BCUT2D eigenvalue weighted by Gasteiger charge is -2.23. The molecule has 2 saturated heterocycles. The number of fused-ring (bicyclic) bond motifs is 1. The van der Waals surface area contributed by atoms with Crippen molar-refractivity contribution < 1.29 is 0 Å². The summed E-state index contributed by atoms with van der Waals surface area (Å²) >= 11 is 0. The first kappa shape index (κ1) is 17.0. The largest absolute Gasteiger partial charge is 0.363 e. The molecule has 0 saturated carbocycles. The van der Waals surface area contributed by atoms with Gasteiger partial charge in [-0.2, -0.15) is 4.98 Å². The maximum absolute atomic E-state index is 4.70. The van der Waals surface area contributed by atoms with E-state index in [2.05, 4.69) is 44.7 Å². The molecule has 26 heavy (non-hydrogen) atoms. The highest BCUT2D eigenvalue weighted by Crippen LogP contribution is 2.35. The third-order valence-corrected chi connectivity index (χ3v) is 5.44. The number of nitrogens with zero attached hydrogens (tertiary/aromatic N) is 7. The molecule has 7 heteroatoms. The Morgan fingerprint density at radius 2 is 1.69 bits per heavy atom. The van der Waals surface area contributed by atoms with Crippen LogP contribution in [-0.2, 0) is 0 Å². The SMILES string of the molecule is CC(C)c1cc(N2CC3CN(c4nccc(N(C)C)n4)CC3C2)ncn1. The van der Waals surface area contributed by atoms with E-state index in [4.69, 9.17) is 4.98 Å². The highest BCUT2D eigenvalue weighted by atomic mass is 15.3. The van der Waals surface area contributed by atoms with Crippen LogP contribution < -0.4 is 14.7 Å². The maximum Gasteiger partial charge on any atom is 0.227 e. The van der Waals surface area contributed by atoms with E-state index < -0.39 is 0 Å². The second-order valence-electron chi connectivity index (χ2n) is 7.90. The van der Waals surface area contributed by atoms with Crippen molar-refractivity contribution in [1.29, 1.82) is 0 Å². The van der Waals surface area contributed by atoms with Gasteiger partial charge in [0.2, 0.25) is 5.95 Å². The van der Waals surface area contributed by atoms with Gasteiger partial charge in [-0.25, -0.2) is 15.0 Å². The highest BCUT2D eigenvalue weighted by molar-refractivity contribution is 5.46. The first-order valence-corrected chi connectivity index (χ1v) is 9.33. The van der Waals surface area contributed by atoms with Gasteiger partial charge in [-0.3, -0.25) is 0 Å². The number of anilines is 3. The highest BCUT2D eigenvalue weighted by Gasteiger charge is 2.41. The van der Waals surface area contributed by atoms with Crippen LogP contribution in [0.15, 0.2) is 24.7 Å². The van der Waals surface area contributed by atoms with Crippen molar-refractivity contribution in [3.63, 3.8) is 0 Å². The van der Waals surface area contributed by atoms with Crippen LogP contribution in [0.25, 0.3) is 0 Å². The molecule has 2 fully saturated rings. The Bertz CT molecular complexity index is 698. The van der Waals surface area contributed by atoms with E-state index in [0.29, 0.717) is 17.8 Å². The van der Waals surface area contributed by atoms with Crippen molar-refractivity contribution in [1.82, 2.24) is 19.9 Å². The molecule has 2 aliphatic rings. The summed E-state index contributed by atoms with van der Waals surface area (Å²) in [6.45, 7) is 8.46. The first-order valence-electron chi connectivity index (χ1n) is 9.33. The van der Waals surface area contributed by atoms with Crippen molar-refractivity contribution in [2.24, 2.45) is 11.8 Å². The molecule has 4 heterocycles. The molecule has 0 aromatic carbocycles. The summed E-state index contributed by atoms with van der Waals surface area (Å²) in [6.07, 6.45) is 3.55. The standard InChI is InChI=1S/C19H27N7/c1-13(2)16-7-18(22-12-21-16)25-8-14-10-26(11-15(14)9-25)19-20-6-5-17(23-19)24(3)4/h5-7,12-15H,8-11H2,1-4H3. The van der Waals surface area contributed by atoms with Gasteiger partial charge in [-0.1, -0.05) is 13.8 Å². The van der Waals surface area contributed by atoms with Crippen LogP contribution in [0.4, 0.5) is 17.6 Å². The zero-order chi connectivity index (χ0) is 18.3. The van der Waals surface area contributed by atoms with Crippen LogP contribution in [-0.4, -0.2) is 60.2 Å². The van der Waals surface area contributed by atoms with Crippen molar-refractivity contribution in [2.75, 3.05) is 55.0 Å². The average Bonchev–Trinajstić information content (AvgIpc) is 3.21. The van der Waals surface area contributed by atoms with Crippen LogP contribution in [0.1, 0.15) is 25.5 Å². The molecule has 7 nitrogen and oxygen atoms in total. The normalized spacial score (nSPS) is 22.2. The molecule has 2 unspecified atom stereocenters. The lowest BCUT2D eigenvalue weighted by molar-refractivity contribution is 0.533. The molecule has 0 N–H and O–H groups in total. The summed E-state index contributed by atoms with van der Waals surface area (Å²) in [5, 5.41) is 0. The van der Waals surface area contributed by atoms with Gasteiger partial charge in [0.05, 0.1) is 0 Å². The third kappa shape index (κ3) is 3.18. The Hall–Kier alpha value is -2.44. The fourth-order valence-electron chi connectivity index (χ4n) is 3.93. The molecule has 2 aromatic heterocycles. The molecule has 138 valence electrons. The fraction of sp³-hybridized carbons (Fsp3) is 0.579. The Morgan fingerprint density at radius 3 is 2.35 bits per heavy atom. The van der Waals surface area contributed by atoms with E-state index in [1.807, 2.05) is 31.3 Å². The summed E-state index contributed by atoms with van der Waals surface area (Å²) in [5.41, 5.74) is 1.11. The Labute approximate surface area is 155 Å². The summed E-state index contributed by atoms with van der Waals surface area (Å²) in [5.74, 6) is 4.57. The fourth-order valence-corrected chi connectivity index (χ4v) is 3.93. The quantitative estimate of drug-likeness (QED) is 0.833. The van der Waals surface area contributed by atoms with Crippen LogP contribution in [0.3, 0.4) is 0 Å². The molecule has 0 spiro atoms. The second-order valence-corrected chi connectivity index (χ2v) is 7.90. The number of hydrogen-bond donors (Lipinski definition) is 0. The van der Waals surface area contributed by atoms with E-state index >= 15 is 0 Å². The van der Waals surface area contributed by atoms with Crippen molar-refractivity contribution in [3.8, 4) is 0 Å². The second kappa shape index (κ2) is 6.70. The molecular formula is C19H27N7. The maximum atomic E-state index is 4.70. The number of hydrogen-bond acceptors (Lipinski definition) is 7. The van der Waals surface area contributed by atoms with E-state index in [9.17, 15) is 0 Å². The van der Waals surface area contributed by atoms with Gasteiger partial charge in [0.25, 0.3) is 0 Å². The molecule has 2 aromatic rings. The number of rotatable bonds is 4. The van der Waals surface area contributed by atoms with Gasteiger partial charge in [-0.15, -0.1) is 0 Å². The third-order valence-electron chi connectivity index (χ3n) is 5.44. The lowest BCUT2D eigenvalue weighted by atomic mass is 10.0. The minimum atomic E-state index is 0.426. The van der Waals surface area contributed by atoms with Gasteiger partial charge in [0.15, 0.2) is 0 Å². The Balaban J connectivity index is 1.44. The minimum Gasteiger partial charge on any atom is -0.363 e. The van der Waals surface area contributed by atoms with Crippen molar-refractivity contribution in [3.05, 3.63) is 30.4 Å². The minimum absolute atomic E-state index is 0.426. The predicted molar refractivity (Wildman–Crippen MR) is 104 cm³/mol. The smallest absolute Gasteiger partial charge is 0.227 e. The van der Waals surface area contributed by atoms with Crippen LogP contribution in [0.2, 0.25) is 0 Å². The summed E-state index contributed by atoms with van der Waals surface area (Å²) in [7, 11) is 4.02. The van der Waals surface area contributed by atoms with Crippen molar-refractivity contribution in [2.45, 2.75) is 19.8 Å². The number of aromatic nitrogens is 4. The molecule has 2 atom stereocenters. The zero-order valence-electron chi connectivity index (χ0n) is 16.0. The molecule has 4 rings (SSSR count).